The molecular weight excluding hydrogens is 366 g/mol. The second-order valence-electron chi connectivity index (χ2n) is 7.90. The second-order valence-corrected chi connectivity index (χ2v) is 7.90. The molecule has 1 saturated carbocycles. The Morgan fingerprint density at radius 3 is 2.79 bits per heavy atom. The molecule has 0 bridgehead atoms. The van der Waals surface area contributed by atoms with Crippen molar-refractivity contribution in [1.82, 2.24) is 24.6 Å². The van der Waals surface area contributed by atoms with Crippen LogP contribution in [0.15, 0.2) is 48.9 Å². The number of hydrogen-bond acceptors (Lipinski definition) is 4. The summed E-state index contributed by atoms with van der Waals surface area (Å²) in [7, 11) is 1.86. The number of carbonyl (C=O) groups excluding carboxylic acids is 1. The van der Waals surface area contributed by atoms with Gasteiger partial charge in [0.25, 0.3) is 0 Å². The highest BCUT2D eigenvalue weighted by Gasteiger charge is 2.34. The van der Waals surface area contributed by atoms with Crippen molar-refractivity contribution < 1.29 is 9.90 Å². The highest BCUT2D eigenvalue weighted by atomic mass is 16.3. The lowest BCUT2D eigenvalue weighted by Crippen LogP contribution is -2.40. The monoisotopic (exact) mass is 393 g/mol. The molecule has 1 fully saturated rings. The number of carbonyl (C=O) groups is 1. The average molecular weight is 393 g/mol. The molecule has 1 aromatic carbocycles. The van der Waals surface area contributed by atoms with Gasteiger partial charge in [-0.2, -0.15) is 5.10 Å². The molecule has 2 aromatic heterocycles. The van der Waals surface area contributed by atoms with E-state index >= 15 is 0 Å². The Morgan fingerprint density at radius 1 is 1.28 bits per heavy atom. The van der Waals surface area contributed by atoms with Gasteiger partial charge >= 0.3 is 0 Å². The van der Waals surface area contributed by atoms with E-state index in [1.807, 2.05) is 56.7 Å². The van der Waals surface area contributed by atoms with Crippen molar-refractivity contribution in [1.29, 1.82) is 0 Å². The lowest BCUT2D eigenvalue weighted by Gasteiger charge is -2.16. The summed E-state index contributed by atoms with van der Waals surface area (Å²) in [5.41, 5.74) is 2.98. The van der Waals surface area contributed by atoms with Crippen molar-refractivity contribution in [2.24, 2.45) is 13.0 Å². The minimum Gasteiger partial charge on any atom is -0.391 e. The molecule has 152 valence electrons. The molecule has 3 aromatic rings. The molecule has 1 amide bonds. The molecule has 3 atom stereocenters. The second kappa shape index (κ2) is 8.21. The number of aliphatic hydroxyl groups excluding tert-OH is 1. The summed E-state index contributed by atoms with van der Waals surface area (Å²) in [5, 5.41) is 17.7. The maximum Gasteiger partial charge on any atom is 0.224 e. The Kier molecular flexibility index (Phi) is 5.49. The number of nitrogens with zero attached hydrogens (tertiary/aromatic N) is 4. The third-order valence-corrected chi connectivity index (χ3v) is 5.86. The quantitative estimate of drug-likeness (QED) is 0.672. The van der Waals surface area contributed by atoms with E-state index in [0.29, 0.717) is 6.42 Å². The molecule has 7 heteroatoms. The first-order valence-corrected chi connectivity index (χ1v) is 10.0. The third-order valence-electron chi connectivity index (χ3n) is 5.86. The maximum absolute atomic E-state index is 12.5. The van der Waals surface area contributed by atoms with Gasteiger partial charge in [-0.25, -0.2) is 4.98 Å². The Balaban J connectivity index is 1.36. The predicted octanol–water partition coefficient (Wildman–Crippen LogP) is 2.09. The van der Waals surface area contributed by atoms with Crippen molar-refractivity contribution in [3.8, 4) is 11.4 Å². The van der Waals surface area contributed by atoms with Crippen LogP contribution in [0, 0.1) is 12.8 Å². The Labute approximate surface area is 170 Å². The lowest BCUT2D eigenvalue weighted by molar-refractivity contribution is -0.121. The number of imidazole rings is 1. The number of hydrogen-bond donors (Lipinski definition) is 2. The van der Waals surface area contributed by atoms with E-state index in [-0.39, 0.29) is 24.3 Å². The van der Waals surface area contributed by atoms with Crippen molar-refractivity contribution in [2.45, 2.75) is 44.9 Å². The number of amides is 1. The fourth-order valence-corrected chi connectivity index (χ4v) is 4.15. The van der Waals surface area contributed by atoms with E-state index in [4.69, 9.17) is 0 Å². The zero-order valence-electron chi connectivity index (χ0n) is 16.8. The third kappa shape index (κ3) is 4.24. The maximum atomic E-state index is 12.5. The van der Waals surface area contributed by atoms with Crippen LogP contribution in [0.1, 0.15) is 24.1 Å². The number of nitrogens with one attached hydrogen (secondary N) is 1. The molecule has 0 radical (unpaired) electrons. The predicted molar refractivity (Wildman–Crippen MR) is 110 cm³/mol. The average Bonchev–Trinajstić information content (AvgIpc) is 3.39. The molecule has 29 heavy (non-hydrogen) atoms. The summed E-state index contributed by atoms with van der Waals surface area (Å²) in [6.07, 6.45) is 6.70. The van der Waals surface area contributed by atoms with E-state index in [1.54, 1.807) is 10.9 Å². The molecule has 0 aliphatic heterocycles. The summed E-state index contributed by atoms with van der Waals surface area (Å²) in [4.78, 5) is 17.0. The van der Waals surface area contributed by atoms with Crippen molar-refractivity contribution in [3.05, 3.63) is 60.2 Å². The molecule has 4 rings (SSSR count). The molecule has 2 heterocycles. The van der Waals surface area contributed by atoms with Crippen molar-refractivity contribution in [2.75, 3.05) is 0 Å². The van der Waals surface area contributed by atoms with Crippen LogP contribution in [-0.2, 0) is 24.8 Å². The smallest absolute Gasteiger partial charge is 0.224 e. The Bertz CT molecular complexity index is 978. The van der Waals surface area contributed by atoms with E-state index < -0.39 is 6.10 Å². The summed E-state index contributed by atoms with van der Waals surface area (Å²) in [6, 6.07) is 9.88. The lowest BCUT2D eigenvalue weighted by atomic mass is 10.1. The van der Waals surface area contributed by atoms with Gasteiger partial charge in [0.05, 0.1) is 24.8 Å². The van der Waals surface area contributed by atoms with Gasteiger partial charge in [0.2, 0.25) is 5.91 Å². The molecule has 1 aliphatic carbocycles. The minimum absolute atomic E-state index is 0.0709. The van der Waals surface area contributed by atoms with E-state index in [2.05, 4.69) is 20.0 Å². The van der Waals surface area contributed by atoms with Crippen LogP contribution in [0.5, 0.6) is 0 Å². The van der Waals surface area contributed by atoms with Crippen molar-refractivity contribution >= 4 is 5.91 Å². The van der Waals surface area contributed by atoms with Gasteiger partial charge in [0.1, 0.15) is 5.82 Å². The standard InChI is InChI=1S/C22H27N5O2/c1-15-18(13-24-26(15)2)12-21(29)25-19-10-16(11-20(19)28)14-27-9-8-23-22(27)17-6-4-3-5-7-17/h3-9,13,16,19-20,28H,10-12,14H2,1-2H3,(H,25,29)/t16?,19-,20-/m1/s1. The van der Waals surface area contributed by atoms with Crippen LogP contribution in [0.4, 0.5) is 0 Å². The number of aliphatic hydroxyl groups is 1. The van der Waals surface area contributed by atoms with Gasteiger partial charge in [-0.15, -0.1) is 0 Å². The number of benzene rings is 1. The van der Waals surface area contributed by atoms with Gasteiger partial charge < -0.3 is 15.0 Å². The molecule has 0 saturated heterocycles. The zero-order chi connectivity index (χ0) is 20.4. The fourth-order valence-electron chi connectivity index (χ4n) is 4.15. The summed E-state index contributed by atoms with van der Waals surface area (Å²) >= 11 is 0. The normalized spacial score (nSPS) is 21.4. The first kappa shape index (κ1) is 19.4. The van der Waals surface area contributed by atoms with E-state index in [9.17, 15) is 9.90 Å². The molecule has 7 nitrogen and oxygen atoms in total. The van der Waals surface area contributed by atoms with E-state index in [1.165, 1.54) is 0 Å². The molecular formula is C22H27N5O2. The van der Waals surface area contributed by atoms with Crippen LogP contribution in [-0.4, -0.2) is 42.5 Å². The summed E-state index contributed by atoms with van der Waals surface area (Å²) in [5.74, 6) is 1.14. The molecule has 0 spiro atoms. The first-order chi connectivity index (χ1) is 14.0. The highest BCUT2D eigenvalue weighted by molar-refractivity contribution is 5.79. The van der Waals surface area contributed by atoms with Crippen LogP contribution >= 0.6 is 0 Å². The SMILES string of the molecule is Cc1c(CC(=O)N[C@@H]2CC(Cn3ccnc3-c3ccccc3)C[C@H]2O)cnn1C. The van der Waals surface area contributed by atoms with Gasteiger partial charge in [-0.1, -0.05) is 30.3 Å². The zero-order valence-corrected chi connectivity index (χ0v) is 16.8. The summed E-state index contributed by atoms with van der Waals surface area (Å²) < 4.78 is 3.90. The number of aryl methyl sites for hydroxylation is 1. The summed E-state index contributed by atoms with van der Waals surface area (Å²) in [6.45, 7) is 2.72. The minimum atomic E-state index is -0.525. The highest BCUT2D eigenvalue weighted by Crippen LogP contribution is 2.29. The molecule has 2 N–H and O–H groups in total. The largest absolute Gasteiger partial charge is 0.391 e. The van der Waals surface area contributed by atoms with Gasteiger partial charge in [-0.3, -0.25) is 9.48 Å². The Morgan fingerprint density at radius 2 is 2.07 bits per heavy atom. The van der Waals surface area contributed by atoms with Crippen LogP contribution in [0.25, 0.3) is 11.4 Å². The first-order valence-electron chi connectivity index (χ1n) is 10.0. The van der Waals surface area contributed by atoms with E-state index in [0.717, 1.165) is 35.6 Å². The van der Waals surface area contributed by atoms with Crippen LogP contribution < -0.4 is 5.32 Å². The molecule has 1 aliphatic rings. The molecule has 1 unspecified atom stereocenters. The van der Waals surface area contributed by atoms with Gasteiger partial charge in [0, 0.05) is 42.8 Å². The number of rotatable bonds is 6. The fraction of sp³-hybridized carbons (Fsp3) is 0.409. The topological polar surface area (TPSA) is 85.0 Å². The van der Waals surface area contributed by atoms with Crippen molar-refractivity contribution in [3.63, 3.8) is 0 Å². The number of aromatic nitrogens is 4. The van der Waals surface area contributed by atoms with Crippen LogP contribution in [0.3, 0.4) is 0 Å². The van der Waals surface area contributed by atoms with Crippen LogP contribution in [0.2, 0.25) is 0 Å². The Hall–Kier alpha value is -2.93. The van der Waals surface area contributed by atoms with Gasteiger partial charge in [-0.05, 0) is 25.7 Å². The van der Waals surface area contributed by atoms with Gasteiger partial charge in [0.15, 0.2) is 0 Å².